The number of carbonyl (C=O) groups is 1. The lowest BCUT2D eigenvalue weighted by atomic mass is 10.1. The van der Waals surface area contributed by atoms with E-state index in [9.17, 15) is 4.79 Å². The van der Waals surface area contributed by atoms with Crippen LogP contribution < -0.4 is 5.32 Å². The zero-order valence-electron chi connectivity index (χ0n) is 10.6. The highest BCUT2D eigenvalue weighted by molar-refractivity contribution is 7.98. The fraction of sp³-hybridized carbons (Fsp3) is 0.769. The molecule has 0 atom stereocenters. The predicted molar refractivity (Wildman–Crippen MR) is 73.9 cm³/mol. The molecular formula is C13H25NOS. The molecule has 0 unspecified atom stereocenters. The molecular weight excluding hydrogens is 218 g/mol. The van der Waals surface area contributed by atoms with Crippen LogP contribution >= 0.6 is 11.8 Å². The number of hydrogen-bond donors (Lipinski definition) is 1. The number of rotatable bonds is 10. The summed E-state index contributed by atoms with van der Waals surface area (Å²) in [4.78, 5) is 11.2. The van der Waals surface area contributed by atoms with Gasteiger partial charge in [0.25, 0.3) is 0 Å². The highest BCUT2D eigenvalue weighted by Gasteiger charge is 1.92. The molecule has 16 heavy (non-hydrogen) atoms. The van der Waals surface area contributed by atoms with Crippen molar-refractivity contribution in [3.8, 4) is 0 Å². The van der Waals surface area contributed by atoms with Crippen molar-refractivity contribution in [1.82, 2.24) is 5.32 Å². The average molecular weight is 243 g/mol. The molecule has 0 saturated heterocycles. The fourth-order valence-electron chi connectivity index (χ4n) is 1.39. The second-order valence-electron chi connectivity index (χ2n) is 3.89. The largest absolute Gasteiger partial charge is 0.352 e. The van der Waals surface area contributed by atoms with E-state index >= 15 is 0 Å². The van der Waals surface area contributed by atoms with Gasteiger partial charge in [0.1, 0.15) is 0 Å². The van der Waals surface area contributed by atoms with Gasteiger partial charge in [0, 0.05) is 12.3 Å². The van der Waals surface area contributed by atoms with Crippen molar-refractivity contribution in [3.05, 3.63) is 12.2 Å². The molecule has 0 bridgehead atoms. The second kappa shape index (κ2) is 12.6. The Labute approximate surface area is 104 Å². The van der Waals surface area contributed by atoms with Gasteiger partial charge in [-0.2, -0.15) is 11.8 Å². The molecule has 3 heteroatoms. The standard InChI is InChI=1S/C13H25NOS/c1-3-4-5-6-7-8-9-10-13(15)14-11-12-16-2/h9-10H,3-8,11-12H2,1-2H3,(H,14,15). The van der Waals surface area contributed by atoms with Crippen molar-refractivity contribution in [1.29, 1.82) is 0 Å². The number of thioether (sulfide) groups is 1. The summed E-state index contributed by atoms with van der Waals surface area (Å²) in [6.45, 7) is 2.99. The number of unbranched alkanes of at least 4 members (excludes halogenated alkanes) is 5. The highest BCUT2D eigenvalue weighted by Crippen LogP contribution is 2.05. The van der Waals surface area contributed by atoms with Gasteiger partial charge in [0.2, 0.25) is 5.91 Å². The van der Waals surface area contributed by atoms with Crippen molar-refractivity contribution in [2.75, 3.05) is 18.6 Å². The van der Waals surface area contributed by atoms with Crippen LogP contribution in [0.4, 0.5) is 0 Å². The van der Waals surface area contributed by atoms with E-state index in [0.717, 1.165) is 18.7 Å². The zero-order chi connectivity index (χ0) is 12.1. The Morgan fingerprint density at radius 1 is 1.25 bits per heavy atom. The lowest BCUT2D eigenvalue weighted by Gasteiger charge is -1.99. The summed E-state index contributed by atoms with van der Waals surface area (Å²) in [5.74, 6) is 1.03. The van der Waals surface area contributed by atoms with Crippen molar-refractivity contribution in [2.24, 2.45) is 0 Å². The topological polar surface area (TPSA) is 29.1 Å². The minimum absolute atomic E-state index is 0.0441. The first kappa shape index (κ1) is 15.6. The summed E-state index contributed by atoms with van der Waals surface area (Å²) in [6, 6.07) is 0. The summed E-state index contributed by atoms with van der Waals surface area (Å²) in [5.41, 5.74) is 0. The molecule has 1 amide bonds. The van der Waals surface area contributed by atoms with Crippen LogP contribution in [0, 0.1) is 0 Å². The molecule has 0 fully saturated rings. The maximum absolute atomic E-state index is 11.2. The Morgan fingerprint density at radius 3 is 2.69 bits per heavy atom. The first-order valence-electron chi connectivity index (χ1n) is 6.24. The third kappa shape index (κ3) is 11.6. The first-order chi connectivity index (χ1) is 7.81. The zero-order valence-corrected chi connectivity index (χ0v) is 11.4. The molecule has 1 N–H and O–H groups in total. The van der Waals surface area contributed by atoms with Crippen LogP contribution in [-0.2, 0) is 4.79 Å². The van der Waals surface area contributed by atoms with E-state index in [2.05, 4.69) is 12.2 Å². The molecule has 0 spiro atoms. The van der Waals surface area contributed by atoms with Gasteiger partial charge in [-0.1, -0.05) is 38.7 Å². The molecule has 0 aromatic rings. The number of amides is 1. The maximum Gasteiger partial charge on any atom is 0.243 e. The predicted octanol–water partition coefficient (Wildman–Crippen LogP) is 3.38. The molecule has 0 saturated carbocycles. The van der Waals surface area contributed by atoms with Crippen molar-refractivity contribution in [3.63, 3.8) is 0 Å². The summed E-state index contributed by atoms with van der Waals surface area (Å²) >= 11 is 1.74. The molecule has 0 heterocycles. The monoisotopic (exact) mass is 243 g/mol. The van der Waals surface area contributed by atoms with Gasteiger partial charge in [-0.05, 0) is 25.2 Å². The van der Waals surface area contributed by atoms with Gasteiger partial charge in [-0.3, -0.25) is 4.79 Å². The molecule has 0 radical (unpaired) electrons. The Hall–Kier alpha value is -0.440. The quantitative estimate of drug-likeness (QED) is 0.471. The van der Waals surface area contributed by atoms with Gasteiger partial charge < -0.3 is 5.32 Å². The van der Waals surface area contributed by atoms with E-state index < -0.39 is 0 Å². The van der Waals surface area contributed by atoms with Crippen LogP contribution in [-0.4, -0.2) is 24.5 Å². The number of hydrogen-bond acceptors (Lipinski definition) is 2. The SMILES string of the molecule is CCCCCCCC=CC(=O)NCCSC. The summed E-state index contributed by atoms with van der Waals surface area (Å²) in [6.07, 6.45) is 13.1. The summed E-state index contributed by atoms with van der Waals surface area (Å²) in [5, 5.41) is 2.85. The smallest absolute Gasteiger partial charge is 0.243 e. The fourth-order valence-corrected chi connectivity index (χ4v) is 1.70. The van der Waals surface area contributed by atoms with Gasteiger partial charge in [0.05, 0.1) is 0 Å². The molecule has 0 rings (SSSR count). The van der Waals surface area contributed by atoms with Gasteiger partial charge in [-0.25, -0.2) is 0 Å². The third-order valence-electron chi connectivity index (χ3n) is 2.35. The minimum Gasteiger partial charge on any atom is -0.352 e. The van der Waals surface area contributed by atoms with Crippen molar-refractivity contribution >= 4 is 17.7 Å². The van der Waals surface area contributed by atoms with Crippen molar-refractivity contribution < 1.29 is 4.79 Å². The first-order valence-corrected chi connectivity index (χ1v) is 7.64. The van der Waals surface area contributed by atoms with E-state index in [0.29, 0.717) is 0 Å². The molecule has 94 valence electrons. The van der Waals surface area contributed by atoms with Crippen LogP contribution in [0.15, 0.2) is 12.2 Å². The van der Waals surface area contributed by atoms with Crippen molar-refractivity contribution in [2.45, 2.75) is 45.4 Å². The Morgan fingerprint density at radius 2 is 2.00 bits per heavy atom. The molecule has 0 aliphatic carbocycles. The van der Waals surface area contributed by atoms with E-state index in [1.807, 2.05) is 12.3 Å². The van der Waals surface area contributed by atoms with Gasteiger partial charge in [0.15, 0.2) is 0 Å². The van der Waals surface area contributed by atoms with Gasteiger partial charge in [-0.15, -0.1) is 0 Å². The molecule has 0 aliphatic heterocycles. The molecule has 0 aromatic heterocycles. The van der Waals surface area contributed by atoms with E-state index in [1.54, 1.807) is 17.8 Å². The number of nitrogens with one attached hydrogen (secondary N) is 1. The average Bonchev–Trinajstić information content (AvgIpc) is 2.28. The highest BCUT2D eigenvalue weighted by atomic mass is 32.2. The second-order valence-corrected chi connectivity index (χ2v) is 4.87. The third-order valence-corrected chi connectivity index (χ3v) is 2.96. The Balaban J connectivity index is 3.28. The summed E-state index contributed by atoms with van der Waals surface area (Å²) < 4.78 is 0. The lowest BCUT2D eigenvalue weighted by Crippen LogP contribution is -2.23. The van der Waals surface area contributed by atoms with E-state index in [1.165, 1.54) is 32.1 Å². The minimum atomic E-state index is 0.0441. The van der Waals surface area contributed by atoms with E-state index in [-0.39, 0.29) is 5.91 Å². The normalized spacial score (nSPS) is 10.9. The van der Waals surface area contributed by atoms with E-state index in [4.69, 9.17) is 0 Å². The molecule has 2 nitrogen and oxygen atoms in total. The van der Waals surface area contributed by atoms with Crippen LogP contribution in [0.2, 0.25) is 0 Å². The van der Waals surface area contributed by atoms with Crippen LogP contribution in [0.1, 0.15) is 45.4 Å². The maximum atomic E-state index is 11.2. The molecule has 0 aromatic carbocycles. The van der Waals surface area contributed by atoms with Crippen LogP contribution in [0.3, 0.4) is 0 Å². The summed E-state index contributed by atoms with van der Waals surface area (Å²) in [7, 11) is 0. The number of carbonyl (C=O) groups excluding carboxylic acids is 1. The molecule has 0 aliphatic rings. The number of allylic oxidation sites excluding steroid dienone is 1. The Bertz CT molecular complexity index is 192. The van der Waals surface area contributed by atoms with Crippen LogP contribution in [0.25, 0.3) is 0 Å². The Kier molecular flexibility index (Phi) is 12.3. The van der Waals surface area contributed by atoms with Gasteiger partial charge >= 0.3 is 0 Å². The van der Waals surface area contributed by atoms with Crippen LogP contribution in [0.5, 0.6) is 0 Å². The lowest BCUT2D eigenvalue weighted by molar-refractivity contribution is -0.116.